The van der Waals surface area contributed by atoms with Crippen molar-refractivity contribution in [3.05, 3.63) is 53.6 Å². The first-order valence-corrected chi connectivity index (χ1v) is 9.87. The van der Waals surface area contributed by atoms with Gasteiger partial charge >= 0.3 is 6.03 Å². The number of carbonyl (C=O) groups excluding carboxylic acids is 2. The van der Waals surface area contributed by atoms with Gasteiger partial charge in [-0.3, -0.25) is 4.79 Å². The van der Waals surface area contributed by atoms with Gasteiger partial charge in [0.05, 0.1) is 12.2 Å². The van der Waals surface area contributed by atoms with Crippen LogP contribution in [0.1, 0.15) is 28.8 Å². The number of benzene rings is 2. The average Bonchev–Trinajstić information content (AvgIpc) is 3.24. The summed E-state index contributed by atoms with van der Waals surface area (Å²) in [4.78, 5) is 27.3. The van der Waals surface area contributed by atoms with Gasteiger partial charge in [-0.05, 0) is 50.1 Å². The Bertz CT molecular complexity index is 846. The molecule has 1 heterocycles. The molecule has 0 unspecified atom stereocenters. The molecular weight excluding hydrogens is 368 g/mol. The van der Waals surface area contributed by atoms with Crippen molar-refractivity contribution in [2.75, 3.05) is 48.9 Å². The summed E-state index contributed by atoms with van der Waals surface area (Å²) in [7, 11) is 1.60. The van der Waals surface area contributed by atoms with Crippen LogP contribution in [-0.2, 0) is 4.74 Å². The molecule has 3 amide bonds. The van der Waals surface area contributed by atoms with E-state index in [0.29, 0.717) is 30.1 Å². The number of amides is 3. The Balaban J connectivity index is 1.74. The van der Waals surface area contributed by atoms with Crippen LogP contribution in [0, 0.1) is 6.92 Å². The molecule has 1 aliphatic heterocycles. The molecule has 0 radical (unpaired) electrons. The maximum Gasteiger partial charge on any atom is 0.323 e. The normalized spacial score (nSPS) is 13.2. The number of nitrogens with one attached hydrogen (secondary N) is 3. The van der Waals surface area contributed by atoms with Crippen LogP contribution < -0.4 is 20.9 Å². The van der Waals surface area contributed by atoms with Gasteiger partial charge in [-0.2, -0.15) is 0 Å². The Labute approximate surface area is 171 Å². The lowest BCUT2D eigenvalue weighted by Gasteiger charge is -2.22. The number of methoxy groups -OCH3 is 1. The number of anilines is 3. The Kier molecular flexibility index (Phi) is 7.08. The Hall–Kier alpha value is -3.06. The lowest BCUT2D eigenvalue weighted by molar-refractivity contribution is 0.0937. The number of carbonyl (C=O) groups is 2. The topological polar surface area (TPSA) is 82.7 Å². The minimum Gasteiger partial charge on any atom is -0.383 e. The van der Waals surface area contributed by atoms with Gasteiger partial charge in [0.25, 0.3) is 5.91 Å². The van der Waals surface area contributed by atoms with Crippen LogP contribution in [0.2, 0.25) is 0 Å². The highest BCUT2D eigenvalue weighted by Gasteiger charge is 2.20. The summed E-state index contributed by atoms with van der Waals surface area (Å²) < 4.78 is 5.01. The van der Waals surface area contributed by atoms with Crippen LogP contribution in [0.25, 0.3) is 0 Å². The molecule has 0 aliphatic carbocycles. The predicted octanol–water partition coefficient (Wildman–Crippen LogP) is 3.62. The minimum absolute atomic E-state index is 0.174. The second kappa shape index (κ2) is 9.93. The van der Waals surface area contributed by atoms with E-state index in [1.807, 2.05) is 43.3 Å². The van der Waals surface area contributed by atoms with Gasteiger partial charge in [0.1, 0.15) is 0 Å². The van der Waals surface area contributed by atoms with E-state index >= 15 is 0 Å². The average molecular weight is 396 g/mol. The van der Waals surface area contributed by atoms with Crippen molar-refractivity contribution in [1.82, 2.24) is 5.32 Å². The maximum atomic E-state index is 12.7. The summed E-state index contributed by atoms with van der Waals surface area (Å²) in [5, 5.41) is 8.48. The van der Waals surface area contributed by atoms with Gasteiger partial charge in [0.2, 0.25) is 0 Å². The molecule has 7 nitrogen and oxygen atoms in total. The van der Waals surface area contributed by atoms with Crippen molar-refractivity contribution in [3.8, 4) is 0 Å². The second-order valence-electron chi connectivity index (χ2n) is 7.12. The zero-order chi connectivity index (χ0) is 20.6. The lowest BCUT2D eigenvalue weighted by atomic mass is 10.1. The molecule has 0 aromatic heterocycles. The van der Waals surface area contributed by atoms with Gasteiger partial charge in [0, 0.05) is 43.8 Å². The Morgan fingerprint density at radius 3 is 2.34 bits per heavy atom. The highest BCUT2D eigenvalue weighted by atomic mass is 16.5. The molecule has 0 bridgehead atoms. The first-order valence-electron chi connectivity index (χ1n) is 9.87. The molecule has 1 aliphatic rings. The zero-order valence-electron chi connectivity index (χ0n) is 17.0. The van der Waals surface area contributed by atoms with E-state index in [2.05, 4.69) is 20.9 Å². The fourth-order valence-corrected chi connectivity index (χ4v) is 3.32. The van der Waals surface area contributed by atoms with Gasteiger partial charge in [-0.1, -0.05) is 17.7 Å². The smallest absolute Gasteiger partial charge is 0.323 e. The van der Waals surface area contributed by atoms with Crippen LogP contribution in [0.3, 0.4) is 0 Å². The highest BCUT2D eigenvalue weighted by molar-refractivity contribution is 6.04. The molecule has 1 fully saturated rings. The van der Waals surface area contributed by atoms with E-state index in [0.717, 1.165) is 37.2 Å². The van der Waals surface area contributed by atoms with Gasteiger partial charge < -0.3 is 25.6 Å². The van der Waals surface area contributed by atoms with E-state index < -0.39 is 0 Å². The fourth-order valence-electron chi connectivity index (χ4n) is 3.32. The van der Waals surface area contributed by atoms with E-state index in [1.165, 1.54) is 0 Å². The number of ether oxygens (including phenoxy) is 1. The largest absolute Gasteiger partial charge is 0.383 e. The molecule has 154 valence electrons. The lowest BCUT2D eigenvalue weighted by Crippen LogP contribution is -2.30. The fraction of sp³-hybridized carbons (Fsp3) is 0.364. The van der Waals surface area contributed by atoms with E-state index in [9.17, 15) is 9.59 Å². The van der Waals surface area contributed by atoms with Crippen LogP contribution in [0.15, 0.2) is 42.5 Å². The van der Waals surface area contributed by atoms with Crippen molar-refractivity contribution in [2.24, 2.45) is 0 Å². The zero-order valence-corrected chi connectivity index (χ0v) is 17.0. The summed E-state index contributed by atoms with van der Waals surface area (Å²) >= 11 is 0. The molecule has 3 N–H and O–H groups in total. The molecule has 2 aromatic rings. The highest BCUT2D eigenvalue weighted by Crippen LogP contribution is 2.27. The number of hydrogen-bond acceptors (Lipinski definition) is 4. The predicted molar refractivity (Wildman–Crippen MR) is 116 cm³/mol. The van der Waals surface area contributed by atoms with Crippen molar-refractivity contribution in [3.63, 3.8) is 0 Å². The maximum absolute atomic E-state index is 12.7. The monoisotopic (exact) mass is 396 g/mol. The molecular formula is C22H28N4O3. The third kappa shape index (κ3) is 5.71. The molecule has 29 heavy (non-hydrogen) atoms. The van der Waals surface area contributed by atoms with Gasteiger partial charge in [-0.25, -0.2) is 4.79 Å². The summed E-state index contributed by atoms with van der Waals surface area (Å²) in [6.07, 6.45) is 2.23. The number of nitrogens with zero attached hydrogens (tertiary/aromatic N) is 1. The number of urea groups is 1. The molecule has 7 heteroatoms. The Morgan fingerprint density at radius 1 is 1.00 bits per heavy atom. The third-order valence-corrected chi connectivity index (χ3v) is 4.85. The summed E-state index contributed by atoms with van der Waals surface area (Å²) in [5.41, 5.74) is 3.84. The summed E-state index contributed by atoms with van der Waals surface area (Å²) in [5.74, 6) is -0.174. The van der Waals surface area contributed by atoms with Crippen LogP contribution in [-0.4, -0.2) is 45.3 Å². The first-order chi connectivity index (χ1) is 14.1. The number of hydrogen-bond donors (Lipinski definition) is 3. The van der Waals surface area contributed by atoms with Gasteiger partial charge in [0.15, 0.2) is 0 Å². The van der Waals surface area contributed by atoms with E-state index in [4.69, 9.17) is 4.74 Å². The quantitative estimate of drug-likeness (QED) is 0.625. The second-order valence-corrected chi connectivity index (χ2v) is 7.12. The Morgan fingerprint density at radius 2 is 1.66 bits per heavy atom. The van der Waals surface area contributed by atoms with Crippen molar-refractivity contribution in [2.45, 2.75) is 19.8 Å². The number of rotatable bonds is 7. The summed E-state index contributed by atoms with van der Waals surface area (Å²) in [6.45, 7) is 4.73. The molecule has 1 saturated heterocycles. The molecule has 0 saturated carbocycles. The SMILES string of the molecule is COCCNC(=O)c1cc(NC(=O)Nc2ccc(C)cc2)ccc1N1CCCC1. The van der Waals surface area contributed by atoms with Crippen molar-refractivity contribution < 1.29 is 14.3 Å². The third-order valence-electron chi connectivity index (χ3n) is 4.85. The van der Waals surface area contributed by atoms with Crippen LogP contribution >= 0.6 is 0 Å². The molecule has 3 rings (SSSR count). The van der Waals surface area contributed by atoms with E-state index in [1.54, 1.807) is 13.2 Å². The van der Waals surface area contributed by atoms with Crippen LogP contribution in [0.4, 0.5) is 21.9 Å². The van der Waals surface area contributed by atoms with Gasteiger partial charge in [-0.15, -0.1) is 0 Å². The summed E-state index contributed by atoms with van der Waals surface area (Å²) in [6, 6.07) is 12.7. The van der Waals surface area contributed by atoms with Crippen molar-refractivity contribution in [1.29, 1.82) is 0 Å². The molecule has 0 spiro atoms. The molecule has 2 aromatic carbocycles. The number of aryl methyl sites for hydroxylation is 1. The minimum atomic E-state index is -0.353. The van der Waals surface area contributed by atoms with Crippen molar-refractivity contribution >= 4 is 29.0 Å². The first kappa shape index (κ1) is 20.7. The van der Waals surface area contributed by atoms with E-state index in [-0.39, 0.29) is 11.9 Å². The molecule has 0 atom stereocenters. The van der Waals surface area contributed by atoms with Crippen LogP contribution in [0.5, 0.6) is 0 Å². The standard InChI is InChI=1S/C22H28N4O3/c1-16-5-7-17(8-6-16)24-22(28)25-18-9-10-20(26-12-3-4-13-26)19(15-18)21(27)23-11-14-29-2/h5-10,15H,3-4,11-14H2,1-2H3,(H,23,27)(H2,24,25,28).